The zero-order valence-corrected chi connectivity index (χ0v) is 8.71. The van der Waals surface area contributed by atoms with Crippen LogP contribution in [0.2, 0.25) is 0 Å². The molecule has 5 nitrogen and oxygen atoms in total. The molecule has 0 radical (unpaired) electrons. The molecule has 0 spiro atoms. The molecule has 1 N–H and O–H groups in total. The van der Waals surface area contributed by atoms with Gasteiger partial charge in [0.25, 0.3) is 0 Å². The number of methoxy groups -OCH3 is 1. The molecule has 13 heavy (non-hydrogen) atoms. The van der Waals surface area contributed by atoms with E-state index in [0.717, 1.165) is 13.8 Å². The predicted octanol–water partition coefficient (Wildman–Crippen LogP) is 0.265. The van der Waals surface area contributed by atoms with E-state index in [-0.39, 0.29) is 6.16 Å². The number of ketones is 1. The third kappa shape index (κ3) is 4.80. The van der Waals surface area contributed by atoms with Gasteiger partial charge in [0.05, 0.1) is 7.11 Å². The number of esters is 1. The number of hydrogen-bond acceptors (Lipinski definition) is 4. The molecule has 0 aliphatic carbocycles. The first kappa shape index (κ1) is 12.3. The van der Waals surface area contributed by atoms with Crippen LogP contribution >= 0.6 is 7.37 Å². The van der Waals surface area contributed by atoms with E-state index in [1.54, 1.807) is 0 Å². The minimum atomic E-state index is -3.25. The first-order chi connectivity index (χ1) is 5.78. The molecule has 0 fully saturated rings. The lowest BCUT2D eigenvalue weighted by molar-refractivity contribution is -0.153. The molecule has 2 unspecified atom stereocenters. The lowest BCUT2D eigenvalue weighted by atomic mass is 10.1. The van der Waals surface area contributed by atoms with E-state index < -0.39 is 25.0 Å². The third-order valence-electron chi connectivity index (χ3n) is 1.45. The quantitative estimate of drug-likeness (QED) is 0.407. The van der Waals surface area contributed by atoms with E-state index in [1.807, 2.05) is 0 Å². The van der Waals surface area contributed by atoms with Crippen LogP contribution in [0.15, 0.2) is 0 Å². The van der Waals surface area contributed by atoms with Gasteiger partial charge in [0.1, 0.15) is 0 Å². The number of carbonyl (C=O) groups is 2. The Hall–Kier alpha value is -0.670. The third-order valence-corrected chi connectivity index (χ3v) is 2.67. The Morgan fingerprint density at radius 3 is 2.31 bits per heavy atom. The van der Waals surface area contributed by atoms with Crippen LogP contribution in [0.5, 0.6) is 0 Å². The maximum atomic E-state index is 11.0. The molecule has 0 amide bonds. The van der Waals surface area contributed by atoms with Crippen LogP contribution in [0.4, 0.5) is 0 Å². The average molecular weight is 208 g/mol. The molecule has 0 saturated heterocycles. The first-order valence-electron chi connectivity index (χ1n) is 3.69. The summed E-state index contributed by atoms with van der Waals surface area (Å²) < 4.78 is 15.1. The SMILES string of the molecule is COC(=O)C(=O)C(C)CP(C)(=O)O. The topological polar surface area (TPSA) is 80.7 Å². The standard InChI is InChI=1S/C7H13O5P/c1-5(4-13(3,10)11)6(8)7(9)12-2/h5H,4H2,1-3H3,(H,10,11). The fraction of sp³-hybridized carbons (Fsp3) is 0.714. The normalized spacial score (nSPS) is 17.2. The van der Waals surface area contributed by atoms with Crippen molar-refractivity contribution in [3.8, 4) is 0 Å². The van der Waals surface area contributed by atoms with Crippen molar-refractivity contribution in [2.75, 3.05) is 19.9 Å². The van der Waals surface area contributed by atoms with Gasteiger partial charge in [-0.25, -0.2) is 4.79 Å². The highest BCUT2D eigenvalue weighted by atomic mass is 31.2. The van der Waals surface area contributed by atoms with Gasteiger partial charge in [-0.3, -0.25) is 9.36 Å². The van der Waals surface area contributed by atoms with Crippen molar-refractivity contribution in [3.63, 3.8) is 0 Å². The molecule has 0 heterocycles. The van der Waals surface area contributed by atoms with E-state index in [0.29, 0.717) is 0 Å². The molecule has 2 atom stereocenters. The van der Waals surface area contributed by atoms with Gasteiger partial charge in [0, 0.05) is 18.7 Å². The molecule has 0 aliphatic rings. The van der Waals surface area contributed by atoms with Crippen LogP contribution in [-0.2, 0) is 18.9 Å². The summed E-state index contributed by atoms with van der Waals surface area (Å²) in [6, 6.07) is 0. The van der Waals surface area contributed by atoms with Crippen LogP contribution in [-0.4, -0.2) is 36.6 Å². The summed E-state index contributed by atoms with van der Waals surface area (Å²) >= 11 is 0. The maximum absolute atomic E-state index is 11.0. The Morgan fingerprint density at radius 1 is 1.54 bits per heavy atom. The Bertz CT molecular complexity index is 254. The summed E-state index contributed by atoms with van der Waals surface area (Å²) in [5.41, 5.74) is 0. The Labute approximate surface area is 76.5 Å². The summed E-state index contributed by atoms with van der Waals surface area (Å²) in [4.78, 5) is 30.7. The van der Waals surface area contributed by atoms with Crippen LogP contribution in [0.1, 0.15) is 6.92 Å². The van der Waals surface area contributed by atoms with E-state index in [4.69, 9.17) is 4.89 Å². The van der Waals surface area contributed by atoms with E-state index in [2.05, 4.69) is 4.74 Å². The van der Waals surface area contributed by atoms with Gasteiger partial charge in [-0.1, -0.05) is 6.92 Å². The molecular weight excluding hydrogens is 195 g/mol. The van der Waals surface area contributed by atoms with Gasteiger partial charge in [-0.05, 0) is 0 Å². The largest absolute Gasteiger partial charge is 0.463 e. The monoisotopic (exact) mass is 208 g/mol. The summed E-state index contributed by atoms with van der Waals surface area (Å²) in [7, 11) is -2.16. The summed E-state index contributed by atoms with van der Waals surface area (Å²) in [6.45, 7) is 2.57. The second-order valence-corrected chi connectivity index (χ2v) is 5.46. The summed E-state index contributed by atoms with van der Waals surface area (Å²) in [5.74, 6) is -2.51. The highest BCUT2D eigenvalue weighted by Crippen LogP contribution is 2.37. The Balaban J connectivity index is 4.28. The van der Waals surface area contributed by atoms with Crippen LogP contribution in [0.25, 0.3) is 0 Å². The molecule has 0 aromatic rings. The zero-order valence-electron chi connectivity index (χ0n) is 7.81. The van der Waals surface area contributed by atoms with Crippen molar-refractivity contribution in [2.24, 2.45) is 5.92 Å². The Kier molecular flexibility index (Phi) is 4.30. The molecule has 0 rings (SSSR count). The minimum absolute atomic E-state index is 0.194. The highest BCUT2D eigenvalue weighted by Gasteiger charge is 2.26. The van der Waals surface area contributed by atoms with Crippen LogP contribution in [0.3, 0.4) is 0 Å². The average Bonchev–Trinajstić information content (AvgIpc) is 1.98. The Morgan fingerprint density at radius 2 is 2.00 bits per heavy atom. The van der Waals surface area contributed by atoms with Gasteiger partial charge >= 0.3 is 5.97 Å². The number of ether oxygens (including phenoxy) is 1. The van der Waals surface area contributed by atoms with Crippen molar-refractivity contribution in [1.29, 1.82) is 0 Å². The van der Waals surface area contributed by atoms with E-state index in [9.17, 15) is 14.2 Å². The van der Waals surface area contributed by atoms with E-state index in [1.165, 1.54) is 6.92 Å². The molecular formula is C7H13O5P. The minimum Gasteiger partial charge on any atom is -0.463 e. The van der Waals surface area contributed by atoms with Gasteiger partial charge in [0.2, 0.25) is 5.78 Å². The van der Waals surface area contributed by atoms with Crippen LogP contribution < -0.4 is 0 Å². The van der Waals surface area contributed by atoms with Crippen LogP contribution in [0, 0.1) is 5.92 Å². The molecule has 0 aromatic carbocycles. The molecule has 0 bridgehead atoms. The fourth-order valence-corrected chi connectivity index (χ4v) is 2.07. The second kappa shape index (κ2) is 4.53. The number of hydrogen-bond donors (Lipinski definition) is 1. The number of Topliss-reactive ketones (excluding diaryl/α,β-unsaturated/α-hetero) is 1. The van der Waals surface area contributed by atoms with E-state index >= 15 is 0 Å². The zero-order chi connectivity index (χ0) is 10.6. The molecule has 0 aromatic heterocycles. The highest BCUT2D eigenvalue weighted by molar-refractivity contribution is 7.57. The first-order valence-corrected chi connectivity index (χ1v) is 5.98. The van der Waals surface area contributed by atoms with Crippen molar-refractivity contribution in [3.05, 3.63) is 0 Å². The molecule has 0 aliphatic heterocycles. The molecule has 6 heteroatoms. The van der Waals surface area contributed by atoms with Gasteiger partial charge in [-0.2, -0.15) is 0 Å². The van der Waals surface area contributed by atoms with Gasteiger partial charge in [-0.15, -0.1) is 0 Å². The predicted molar refractivity (Wildman–Crippen MR) is 46.8 cm³/mol. The number of carbonyl (C=O) groups excluding carboxylic acids is 2. The van der Waals surface area contributed by atoms with Crippen molar-refractivity contribution in [1.82, 2.24) is 0 Å². The van der Waals surface area contributed by atoms with Gasteiger partial charge < -0.3 is 9.63 Å². The smallest absolute Gasteiger partial charge is 0.374 e. The lowest BCUT2D eigenvalue weighted by Gasteiger charge is -2.10. The summed E-state index contributed by atoms with van der Waals surface area (Å²) in [6.07, 6.45) is -0.194. The fourth-order valence-electron chi connectivity index (χ4n) is 0.893. The maximum Gasteiger partial charge on any atom is 0.374 e. The lowest BCUT2D eigenvalue weighted by Crippen LogP contribution is -2.25. The van der Waals surface area contributed by atoms with Crippen molar-refractivity contribution < 1.29 is 23.8 Å². The molecule has 76 valence electrons. The summed E-state index contributed by atoms with van der Waals surface area (Å²) in [5, 5.41) is 0. The van der Waals surface area contributed by atoms with Crippen molar-refractivity contribution >= 4 is 19.1 Å². The van der Waals surface area contributed by atoms with Gasteiger partial charge in [0.15, 0.2) is 7.37 Å². The second-order valence-electron chi connectivity index (χ2n) is 2.99. The van der Waals surface area contributed by atoms with Crippen molar-refractivity contribution in [2.45, 2.75) is 6.92 Å². The molecule has 0 saturated carbocycles. The number of rotatable bonds is 4.